The Kier molecular flexibility index (Phi) is 5.46. The SMILES string of the molecule is COc1cccc2cc(C(=O)NC3CCC(Oc4ccccn4)CC3)c(=O)oc12. The van der Waals surface area contributed by atoms with Gasteiger partial charge in [0.25, 0.3) is 5.91 Å². The second-order valence-corrected chi connectivity index (χ2v) is 7.06. The minimum absolute atomic E-state index is 0.00221. The Morgan fingerprint density at radius 1 is 1.14 bits per heavy atom. The van der Waals surface area contributed by atoms with E-state index in [1.54, 1.807) is 30.5 Å². The zero-order valence-corrected chi connectivity index (χ0v) is 16.1. The van der Waals surface area contributed by atoms with Crippen LogP contribution in [0.1, 0.15) is 36.0 Å². The van der Waals surface area contributed by atoms with Gasteiger partial charge in [0.05, 0.1) is 7.11 Å². The van der Waals surface area contributed by atoms with E-state index in [2.05, 4.69) is 10.3 Å². The summed E-state index contributed by atoms with van der Waals surface area (Å²) in [6, 6.07) is 12.4. The van der Waals surface area contributed by atoms with Gasteiger partial charge in [-0.2, -0.15) is 0 Å². The Morgan fingerprint density at radius 2 is 1.97 bits per heavy atom. The van der Waals surface area contributed by atoms with Crippen molar-refractivity contribution >= 4 is 16.9 Å². The van der Waals surface area contributed by atoms with Gasteiger partial charge in [0, 0.05) is 23.7 Å². The van der Waals surface area contributed by atoms with Gasteiger partial charge >= 0.3 is 5.63 Å². The highest BCUT2D eigenvalue weighted by atomic mass is 16.5. The maximum Gasteiger partial charge on any atom is 0.349 e. The number of nitrogens with one attached hydrogen (secondary N) is 1. The molecule has 0 atom stereocenters. The molecule has 7 nitrogen and oxygen atoms in total. The molecule has 4 rings (SSSR count). The normalized spacial score (nSPS) is 18.9. The Labute approximate surface area is 167 Å². The second-order valence-electron chi connectivity index (χ2n) is 7.06. The summed E-state index contributed by atoms with van der Waals surface area (Å²) in [5, 5.41) is 3.59. The predicted molar refractivity (Wildman–Crippen MR) is 107 cm³/mol. The van der Waals surface area contributed by atoms with Crippen LogP contribution in [-0.2, 0) is 0 Å². The molecule has 0 bridgehead atoms. The number of hydrogen-bond donors (Lipinski definition) is 1. The van der Waals surface area contributed by atoms with E-state index in [9.17, 15) is 9.59 Å². The molecule has 0 aliphatic heterocycles. The maximum atomic E-state index is 12.7. The Balaban J connectivity index is 1.40. The van der Waals surface area contributed by atoms with E-state index in [1.165, 1.54) is 7.11 Å². The Bertz CT molecular complexity index is 1060. The van der Waals surface area contributed by atoms with E-state index < -0.39 is 11.5 Å². The summed E-state index contributed by atoms with van der Waals surface area (Å²) in [7, 11) is 1.50. The van der Waals surface area contributed by atoms with E-state index in [0.717, 1.165) is 25.7 Å². The molecule has 0 unspecified atom stereocenters. The van der Waals surface area contributed by atoms with Gasteiger partial charge in [0.15, 0.2) is 11.3 Å². The predicted octanol–water partition coefficient (Wildman–Crippen LogP) is 3.32. The van der Waals surface area contributed by atoms with Gasteiger partial charge in [-0.3, -0.25) is 4.79 Å². The van der Waals surface area contributed by atoms with Gasteiger partial charge < -0.3 is 19.2 Å². The fourth-order valence-corrected chi connectivity index (χ4v) is 3.61. The molecule has 0 radical (unpaired) electrons. The molecule has 0 spiro atoms. The molecular formula is C22H22N2O5. The van der Waals surface area contributed by atoms with Crippen LogP contribution in [-0.4, -0.2) is 30.1 Å². The summed E-state index contributed by atoms with van der Waals surface area (Å²) in [6.45, 7) is 0. The number of aromatic nitrogens is 1. The third kappa shape index (κ3) is 4.23. The minimum atomic E-state index is -0.674. The second kappa shape index (κ2) is 8.34. The molecule has 1 saturated carbocycles. The molecule has 2 aromatic heterocycles. The van der Waals surface area contributed by atoms with E-state index >= 15 is 0 Å². The molecular weight excluding hydrogens is 372 g/mol. The zero-order chi connectivity index (χ0) is 20.2. The summed E-state index contributed by atoms with van der Waals surface area (Å²) in [5.74, 6) is 0.652. The monoisotopic (exact) mass is 394 g/mol. The summed E-state index contributed by atoms with van der Waals surface area (Å²) in [4.78, 5) is 29.2. The highest BCUT2D eigenvalue weighted by Crippen LogP contribution is 2.25. The van der Waals surface area contributed by atoms with Crippen LogP contribution in [0, 0.1) is 0 Å². The number of hydrogen-bond acceptors (Lipinski definition) is 6. The van der Waals surface area contributed by atoms with Crippen LogP contribution in [0.2, 0.25) is 0 Å². The fraction of sp³-hybridized carbons (Fsp3) is 0.318. The Morgan fingerprint density at radius 3 is 2.69 bits per heavy atom. The first-order valence-corrected chi connectivity index (χ1v) is 9.63. The lowest BCUT2D eigenvalue weighted by atomic mass is 9.92. The first kappa shape index (κ1) is 19.0. The smallest absolute Gasteiger partial charge is 0.349 e. The number of carbonyl (C=O) groups excluding carboxylic acids is 1. The number of carbonyl (C=O) groups is 1. The number of benzene rings is 1. The van der Waals surface area contributed by atoms with E-state index in [-0.39, 0.29) is 17.7 Å². The molecule has 3 aromatic rings. The largest absolute Gasteiger partial charge is 0.493 e. The van der Waals surface area contributed by atoms with Crippen LogP contribution < -0.4 is 20.4 Å². The Hall–Kier alpha value is -3.35. The quantitative estimate of drug-likeness (QED) is 0.668. The van der Waals surface area contributed by atoms with Crippen LogP contribution in [0.15, 0.2) is 57.9 Å². The van der Waals surface area contributed by atoms with Crippen molar-refractivity contribution in [1.82, 2.24) is 10.3 Å². The third-order valence-corrected chi connectivity index (χ3v) is 5.12. The number of rotatable bonds is 5. The first-order valence-electron chi connectivity index (χ1n) is 9.63. The molecule has 7 heteroatoms. The van der Waals surface area contributed by atoms with Crippen molar-refractivity contribution in [2.24, 2.45) is 0 Å². The van der Waals surface area contributed by atoms with Crippen molar-refractivity contribution in [2.75, 3.05) is 7.11 Å². The minimum Gasteiger partial charge on any atom is -0.493 e. The van der Waals surface area contributed by atoms with E-state index in [4.69, 9.17) is 13.9 Å². The van der Waals surface area contributed by atoms with Crippen LogP contribution in [0.4, 0.5) is 0 Å². The van der Waals surface area contributed by atoms with Crippen LogP contribution in [0.25, 0.3) is 11.0 Å². The number of methoxy groups -OCH3 is 1. The maximum absolute atomic E-state index is 12.7. The van der Waals surface area contributed by atoms with Crippen LogP contribution in [0.3, 0.4) is 0 Å². The van der Waals surface area contributed by atoms with Crippen molar-refractivity contribution < 1.29 is 18.7 Å². The molecule has 1 aromatic carbocycles. The lowest BCUT2D eigenvalue weighted by molar-refractivity contribution is 0.0886. The molecule has 150 valence electrons. The van der Waals surface area contributed by atoms with Crippen LogP contribution in [0.5, 0.6) is 11.6 Å². The molecule has 2 heterocycles. The molecule has 1 amide bonds. The molecule has 0 saturated heterocycles. The summed E-state index contributed by atoms with van der Waals surface area (Å²) in [6.07, 6.45) is 4.95. The lowest BCUT2D eigenvalue weighted by Crippen LogP contribution is -2.41. The topological polar surface area (TPSA) is 90.7 Å². The van der Waals surface area contributed by atoms with Gasteiger partial charge in [-0.15, -0.1) is 0 Å². The molecule has 1 fully saturated rings. The van der Waals surface area contributed by atoms with Crippen molar-refractivity contribution in [3.63, 3.8) is 0 Å². The summed E-state index contributed by atoms with van der Waals surface area (Å²) in [5.41, 5.74) is -0.340. The fourth-order valence-electron chi connectivity index (χ4n) is 3.61. The number of fused-ring (bicyclic) bond motifs is 1. The standard InChI is InChI=1S/C22H22N2O5/c1-27-18-6-4-5-14-13-17(22(26)29-20(14)18)21(25)24-15-8-10-16(11-9-15)28-19-7-2-3-12-23-19/h2-7,12-13,15-16H,8-11H2,1H3,(H,24,25). The molecule has 29 heavy (non-hydrogen) atoms. The average Bonchev–Trinajstić information content (AvgIpc) is 2.75. The number of ether oxygens (including phenoxy) is 2. The summed E-state index contributed by atoms with van der Waals surface area (Å²) >= 11 is 0. The molecule has 1 aliphatic rings. The van der Waals surface area contributed by atoms with E-state index in [1.807, 2.05) is 18.2 Å². The number of nitrogens with zero attached hydrogens (tertiary/aromatic N) is 1. The van der Waals surface area contributed by atoms with Crippen molar-refractivity contribution in [3.8, 4) is 11.6 Å². The van der Waals surface area contributed by atoms with Gasteiger partial charge in [-0.25, -0.2) is 9.78 Å². The van der Waals surface area contributed by atoms with Gasteiger partial charge in [0.1, 0.15) is 11.7 Å². The van der Waals surface area contributed by atoms with E-state index in [0.29, 0.717) is 22.6 Å². The number of para-hydroxylation sites is 1. The third-order valence-electron chi connectivity index (χ3n) is 5.12. The summed E-state index contributed by atoms with van der Waals surface area (Å²) < 4.78 is 16.4. The number of pyridine rings is 1. The lowest BCUT2D eigenvalue weighted by Gasteiger charge is -2.29. The number of amides is 1. The highest BCUT2D eigenvalue weighted by molar-refractivity contribution is 5.97. The van der Waals surface area contributed by atoms with Gasteiger partial charge in [-0.05, 0) is 43.9 Å². The highest BCUT2D eigenvalue weighted by Gasteiger charge is 2.25. The first-order chi connectivity index (χ1) is 14.1. The molecule has 1 aliphatic carbocycles. The van der Waals surface area contributed by atoms with Crippen molar-refractivity contribution in [2.45, 2.75) is 37.8 Å². The van der Waals surface area contributed by atoms with Gasteiger partial charge in [0.2, 0.25) is 5.88 Å². The van der Waals surface area contributed by atoms with Crippen LogP contribution >= 0.6 is 0 Å². The van der Waals surface area contributed by atoms with Gasteiger partial charge in [-0.1, -0.05) is 18.2 Å². The average molecular weight is 394 g/mol. The molecule has 1 N–H and O–H groups in total. The zero-order valence-electron chi connectivity index (χ0n) is 16.1. The van der Waals surface area contributed by atoms with Crippen molar-refractivity contribution in [3.05, 3.63) is 64.6 Å². The van der Waals surface area contributed by atoms with Crippen molar-refractivity contribution in [1.29, 1.82) is 0 Å².